The van der Waals surface area contributed by atoms with Crippen molar-refractivity contribution in [2.75, 3.05) is 30.1 Å². The number of benzene rings is 2. The first-order valence-corrected chi connectivity index (χ1v) is 9.49. The standard InChI is InChI=1S/C21H20N4O3/c26-21(14-4-7-18-19(10-14)28-13-27-18)24-15-5-6-17-16(11-15)20(23-12-22-17)25-8-2-1-3-9-25/h4-7,10-12H,1-3,8-9,13H2,(H,24,26). The van der Waals surface area contributed by atoms with Gasteiger partial charge in [0, 0.05) is 29.7 Å². The zero-order chi connectivity index (χ0) is 18.9. The Balaban J connectivity index is 1.43. The summed E-state index contributed by atoms with van der Waals surface area (Å²) >= 11 is 0. The van der Waals surface area contributed by atoms with E-state index in [1.165, 1.54) is 19.3 Å². The summed E-state index contributed by atoms with van der Waals surface area (Å²) in [7, 11) is 0. The number of piperidine rings is 1. The molecule has 3 heterocycles. The largest absolute Gasteiger partial charge is 0.454 e. The van der Waals surface area contributed by atoms with E-state index in [9.17, 15) is 4.79 Å². The molecule has 0 saturated carbocycles. The number of carbonyl (C=O) groups excluding carboxylic acids is 1. The molecule has 142 valence electrons. The summed E-state index contributed by atoms with van der Waals surface area (Å²) in [5.41, 5.74) is 2.10. The molecular formula is C21H20N4O3. The summed E-state index contributed by atoms with van der Waals surface area (Å²) < 4.78 is 10.7. The van der Waals surface area contributed by atoms with Crippen LogP contribution < -0.4 is 19.7 Å². The second kappa shape index (κ2) is 6.99. The Hall–Kier alpha value is -3.35. The molecule has 0 spiro atoms. The number of hydrogen-bond donors (Lipinski definition) is 1. The van der Waals surface area contributed by atoms with Gasteiger partial charge in [0.05, 0.1) is 5.52 Å². The van der Waals surface area contributed by atoms with Crippen molar-refractivity contribution in [3.05, 3.63) is 48.3 Å². The predicted octanol–water partition coefficient (Wildman–Crippen LogP) is 3.60. The van der Waals surface area contributed by atoms with Gasteiger partial charge in [-0.25, -0.2) is 9.97 Å². The van der Waals surface area contributed by atoms with Crippen molar-refractivity contribution >= 4 is 28.3 Å². The monoisotopic (exact) mass is 376 g/mol. The van der Waals surface area contributed by atoms with E-state index in [-0.39, 0.29) is 12.7 Å². The van der Waals surface area contributed by atoms with Gasteiger partial charge < -0.3 is 19.7 Å². The molecule has 0 aliphatic carbocycles. The average Bonchev–Trinajstić information content (AvgIpc) is 3.22. The number of amides is 1. The molecule has 1 aromatic heterocycles. The Labute approximate surface area is 162 Å². The number of fused-ring (bicyclic) bond motifs is 2. The molecule has 1 fully saturated rings. The van der Waals surface area contributed by atoms with Crippen LogP contribution in [0, 0.1) is 0 Å². The maximum Gasteiger partial charge on any atom is 0.255 e. The Morgan fingerprint density at radius 3 is 2.71 bits per heavy atom. The van der Waals surface area contributed by atoms with Crippen LogP contribution in [0.5, 0.6) is 11.5 Å². The van der Waals surface area contributed by atoms with Crippen LogP contribution in [0.3, 0.4) is 0 Å². The fraction of sp³-hybridized carbons (Fsp3) is 0.286. The van der Waals surface area contributed by atoms with Crippen LogP contribution in [0.1, 0.15) is 29.6 Å². The van der Waals surface area contributed by atoms with Gasteiger partial charge in [0.2, 0.25) is 6.79 Å². The van der Waals surface area contributed by atoms with Gasteiger partial charge in [-0.2, -0.15) is 0 Å². The van der Waals surface area contributed by atoms with Gasteiger partial charge in [-0.1, -0.05) is 0 Å². The van der Waals surface area contributed by atoms with E-state index < -0.39 is 0 Å². The first kappa shape index (κ1) is 16.8. The first-order chi connectivity index (χ1) is 13.8. The Morgan fingerprint density at radius 2 is 1.82 bits per heavy atom. The highest BCUT2D eigenvalue weighted by atomic mass is 16.7. The fourth-order valence-corrected chi connectivity index (χ4v) is 3.72. The molecule has 0 radical (unpaired) electrons. The van der Waals surface area contributed by atoms with Crippen molar-refractivity contribution in [2.24, 2.45) is 0 Å². The highest BCUT2D eigenvalue weighted by Crippen LogP contribution is 2.33. The lowest BCUT2D eigenvalue weighted by atomic mass is 10.1. The molecule has 28 heavy (non-hydrogen) atoms. The van der Waals surface area contributed by atoms with Gasteiger partial charge in [0.1, 0.15) is 12.1 Å². The summed E-state index contributed by atoms with van der Waals surface area (Å²) in [6.45, 7) is 2.18. The topological polar surface area (TPSA) is 76.6 Å². The zero-order valence-corrected chi connectivity index (χ0v) is 15.4. The molecule has 2 aliphatic rings. The second-order valence-corrected chi connectivity index (χ2v) is 7.00. The third kappa shape index (κ3) is 3.09. The maximum atomic E-state index is 12.7. The number of hydrogen-bond acceptors (Lipinski definition) is 6. The minimum absolute atomic E-state index is 0.185. The minimum atomic E-state index is -0.200. The number of rotatable bonds is 3. The Morgan fingerprint density at radius 1 is 0.964 bits per heavy atom. The van der Waals surface area contributed by atoms with Crippen molar-refractivity contribution in [1.82, 2.24) is 9.97 Å². The lowest BCUT2D eigenvalue weighted by Gasteiger charge is -2.28. The Bertz CT molecular complexity index is 1050. The van der Waals surface area contributed by atoms with Crippen molar-refractivity contribution in [1.29, 1.82) is 0 Å². The zero-order valence-electron chi connectivity index (χ0n) is 15.4. The lowest BCUT2D eigenvalue weighted by Crippen LogP contribution is -2.30. The minimum Gasteiger partial charge on any atom is -0.454 e. The molecule has 7 heteroatoms. The van der Waals surface area contributed by atoms with Crippen LogP contribution in [0.25, 0.3) is 10.9 Å². The van der Waals surface area contributed by atoms with Gasteiger partial charge >= 0.3 is 0 Å². The quantitative estimate of drug-likeness (QED) is 0.753. The normalized spacial score (nSPS) is 15.6. The molecule has 1 saturated heterocycles. The first-order valence-electron chi connectivity index (χ1n) is 9.49. The summed E-state index contributed by atoms with van der Waals surface area (Å²) in [4.78, 5) is 23.9. The molecule has 2 aromatic carbocycles. The second-order valence-electron chi connectivity index (χ2n) is 7.00. The molecule has 0 unspecified atom stereocenters. The molecule has 0 bridgehead atoms. The number of carbonyl (C=O) groups is 1. The summed E-state index contributed by atoms with van der Waals surface area (Å²) in [6, 6.07) is 10.9. The number of ether oxygens (including phenoxy) is 2. The molecule has 1 N–H and O–H groups in total. The molecule has 1 amide bonds. The summed E-state index contributed by atoms with van der Waals surface area (Å²) in [5, 5.41) is 3.91. The van der Waals surface area contributed by atoms with Crippen molar-refractivity contribution in [2.45, 2.75) is 19.3 Å². The van der Waals surface area contributed by atoms with E-state index in [1.807, 2.05) is 18.2 Å². The van der Waals surface area contributed by atoms with E-state index in [2.05, 4.69) is 20.2 Å². The number of nitrogens with zero attached hydrogens (tertiary/aromatic N) is 3. The Kier molecular flexibility index (Phi) is 4.20. The van der Waals surface area contributed by atoms with Crippen LogP contribution in [0.2, 0.25) is 0 Å². The molecule has 7 nitrogen and oxygen atoms in total. The number of aromatic nitrogens is 2. The van der Waals surface area contributed by atoms with Gasteiger partial charge in [0.15, 0.2) is 11.5 Å². The van der Waals surface area contributed by atoms with Crippen LogP contribution in [0.15, 0.2) is 42.7 Å². The fourth-order valence-electron chi connectivity index (χ4n) is 3.72. The van der Waals surface area contributed by atoms with E-state index in [0.717, 1.165) is 29.8 Å². The van der Waals surface area contributed by atoms with E-state index >= 15 is 0 Å². The van der Waals surface area contributed by atoms with E-state index in [0.29, 0.717) is 22.7 Å². The van der Waals surface area contributed by atoms with Gasteiger partial charge in [-0.15, -0.1) is 0 Å². The van der Waals surface area contributed by atoms with Crippen LogP contribution in [-0.4, -0.2) is 35.8 Å². The highest BCUT2D eigenvalue weighted by molar-refractivity contribution is 6.06. The molecule has 5 rings (SSSR count). The molecular weight excluding hydrogens is 356 g/mol. The van der Waals surface area contributed by atoms with Gasteiger partial charge in [0.25, 0.3) is 5.91 Å². The van der Waals surface area contributed by atoms with Gasteiger partial charge in [-0.05, 0) is 55.7 Å². The smallest absolute Gasteiger partial charge is 0.255 e. The molecule has 3 aromatic rings. The number of anilines is 2. The molecule has 2 aliphatic heterocycles. The number of nitrogens with one attached hydrogen (secondary N) is 1. The van der Waals surface area contributed by atoms with E-state index in [1.54, 1.807) is 24.5 Å². The average molecular weight is 376 g/mol. The van der Waals surface area contributed by atoms with Crippen molar-refractivity contribution < 1.29 is 14.3 Å². The third-order valence-electron chi connectivity index (χ3n) is 5.16. The van der Waals surface area contributed by atoms with E-state index in [4.69, 9.17) is 9.47 Å². The maximum absolute atomic E-state index is 12.7. The van der Waals surface area contributed by atoms with Crippen LogP contribution in [-0.2, 0) is 0 Å². The highest BCUT2D eigenvalue weighted by Gasteiger charge is 2.18. The summed E-state index contributed by atoms with van der Waals surface area (Å²) in [5.74, 6) is 1.98. The van der Waals surface area contributed by atoms with Crippen molar-refractivity contribution in [3.8, 4) is 11.5 Å². The lowest BCUT2D eigenvalue weighted by molar-refractivity contribution is 0.102. The van der Waals surface area contributed by atoms with Crippen LogP contribution in [0.4, 0.5) is 11.5 Å². The van der Waals surface area contributed by atoms with Gasteiger partial charge in [-0.3, -0.25) is 4.79 Å². The SMILES string of the molecule is O=C(Nc1ccc2ncnc(N3CCCCC3)c2c1)c1ccc2c(c1)OCO2. The van der Waals surface area contributed by atoms with Crippen molar-refractivity contribution in [3.63, 3.8) is 0 Å². The predicted molar refractivity (Wildman–Crippen MR) is 106 cm³/mol. The molecule has 0 atom stereocenters. The summed E-state index contributed by atoms with van der Waals surface area (Å²) in [6.07, 6.45) is 5.21. The van der Waals surface area contributed by atoms with Crippen LogP contribution >= 0.6 is 0 Å². The third-order valence-corrected chi connectivity index (χ3v) is 5.16.